The molecule has 1 fully saturated rings. The first kappa shape index (κ1) is 15.2. The summed E-state index contributed by atoms with van der Waals surface area (Å²) in [5, 5.41) is 9.35. The standard InChI is InChI=1S/C21H23N3/c1-23(21-5-3-2-4-18(21)13-22)20-9-8-17-10-11-24(14-16-6-7-16)15-19(17)12-20/h2-5,8-9,12,16H,6-7,10-11,14-15H2,1H3. The number of nitriles is 1. The molecule has 1 saturated carbocycles. The third-order valence-electron chi connectivity index (χ3n) is 5.27. The van der Waals surface area contributed by atoms with Gasteiger partial charge in [-0.3, -0.25) is 4.90 Å². The topological polar surface area (TPSA) is 30.3 Å². The fourth-order valence-electron chi connectivity index (χ4n) is 3.63. The summed E-state index contributed by atoms with van der Waals surface area (Å²) in [5.74, 6) is 0.944. The number of fused-ring (bicyclic) bond motifs is 1. The lowest BCUT2D eigenvalue weighted by atomic mass is 9.98. The molecule has 0 unspecified atom stereocenters. The lowest BCUT2D eigenvalue weighted by molar-refractivity contribution is 0.244. The monoisotopic (exact) mass is 317 g/mol. The lowest BCUT2D eigenvalue weighted by Crippen LogP contribution is -2.32. The molecule has 0 atom stereocenters. The van der Waals surface area contributed by atoms with E-state index in [-0.39, 0.29) is 0 Å². The Morgan fingerprint density at radius 1 is 1.17 bits per heavy atom. The third-order valence-corrected chi connectivity index (χ3v) is 5.27. The van der Waals surface area contributed by atoms with E-state index in [1.807, 2.05) is 31.3 Å². The molecule has 2 aliphatic rings. The highest BCUT2D eigenvalue weighted by Crippen LogP contribution is 2.33. The van der Waals surface area contributed by atoms with Gasteiger partial charge in [0, 0.05) is 32.4 Å². The van der Waals surface area contributed by atoms with Crippen molar-refractivity contribution in [3.63, 3.8) is 0 Å². The van der Waals surface area contributed by atoms with Crippen LogP contribution in [0, 0.1) is 17.2 Å². The molecule has 0 aromatic heterocycles. The van der Waals surface area contributed by atoms with Crippen LogP contribution in [0.3, 0.4) is 0 Å². The van der Waals surface area contributed by atoms with Gasteiger partial charge >= 0.3 is 0 Å². The number of hydrogen-bond donors (Lipinski definition) is 0. The summed E-state index contributed by atoms with van der Waals surface area (Å²) < 4.78 is 0. The van der Waals surface area contributed by atoms with Crippen molar-refractivity contribution in [2.24, 2.45) is 5.92 Å². The lowest BCUT2D eigenvalue weighted by Gasteiger charge is -2.30. The van der Waals surface area contributed by atoms with Crippen LogP contribution >= 0.6 is 0 Å². The largest absolute Gasteiger partial charge is 0.344 e. The maximum atomic E-state index is 9.35. The molecular weight excluding hydrogens is 294 g/mol. The SMILES string of the molecule is CN(c1ccc2c(c1)CN(CC1CC1)CC2)c1ccccc1C#N. The summed E-state index contributed by atoms with van der Waals surface area (Å²) in [5.41, 5.74) is 5.76. The van der Waals surface area contributed by atoms with Crippen LogP contribution in [0.1, 0.15) is 29.5 Å². The van der Waals surface area contributed by atoms with Crippen LogP contribution in [0.25, 0.3) is 0 Å². The molecule has 0 spiro atoms. The van der Waals surface area contributed by atoms with Gasteiger partial charge in [-0.2, -0.15) is 5.26 Å². The highest BCUT2D eigenvalue weighted by atomic mass is 15.1. The van der Waals surface area contributed by atoms with E-state index in [9.17, 15) is 5.26 Å². The zero-order chi connectivity index (χ0) is 16.5. The van der Waals surface area contributed by atoms with E-state index in [0.717, 1.165) is 30.3 Å². The van der Waals surface area contributed by atoms with Crippen molar-refractivity contribution in [2.45, 2.75) is 25.8 Å². The first-order valence-corrected chi connectivity index (χ1v) is 8.81. The summed E-state index contributed by atoms with van der Waals surface area (Å²) in [4.78, 5) is 4.73. The first-order chi connectivity index (χ1) is 11.7. The summed E-state index contributed by atoms with van der Waals surface area (Å²) in [7, 11) is 2.04. The zero-order valence-corrected chi connectivity index (χ0v) is 14.2. The second-order valence-electron chi connectivity index (χ2n) is 7.07. The van der Waals surface area contributed by atoms with E-state index in [4.69, 9.17) is 0 Å². The Labute approximate surface area is 144 Å². The molecule has 24 heavy (non-hydrogen) atoms. The Morgan fingerprint density at radius 3 is 2.79 bits per heavy atom. The summed E-state index contributed by atoms with van der Waals surface area (Å²) in [6, 6.07) is 16.8. The average Bonchev–Trinajstić information content (AvgIpc) is 3.44. The van der Waals surface area contributed by atoms with Gasteiger partial charge in [-0.1, -0.05) is 18.2 Å². The molecule has 122 valence electrons. The second kappa shape index (κ2) is 6.30. The normalized spacial score (nSPS) is 17.2. The Balaban J connectivity index is 1.59. The quantitative estimate of drug-likeness (QED) is 0.850. The average molecular weight is 317 g/mol. The van der Waals surface area contributed by atoms with Gasteiger partial charge in [0.1, 0.15) is 6.07 Å². The molecule has 0 bridgehead atoms. The van der Waals surface area contributed by atoms with E-state index < -0.39 is 0 Å². The second-order valence-corrected chi connectivity index (χ2v) is 7.07. The zero-order valence-electron chi connectivity index (χ0n) is 14.2. The van der Waals surface area contributed by atoms with Gasteiger partial charge in [0.15, 0.2) is 0 Å². The van der Waals surface area contributed by atoms with Crippen molar-refractivity contribution >= 4 is 11.4 Å². The molecule has 0 amide bonds. The van der Waals surface area contributed by atoms with Crippen LogP contribution in [0.15, 0.2) is 42.5 Å². The van der Waals surface area contributed by atoms with Crippen LogP contribution in [-0.2, 0) is 13.0 Å². The molecule has 1 aliphatic heterocycles. The van der Waals surface area contributed by atoms with E-state index >= 15 is 0 Å². The molecule has 0 saturated heterocycles. The first-order valence-electron chi connectivity index (χ1n) is 8.81. The molecule has 3 heteroatoms. The van der Waals surface area contributed by atoms with Crippen LogP contribution < -0.4 is 4.90 Å². The van der Waals surface area contributed by atoms with E-state index in [1.165, 1.54) is 37.1 Å². The smallest absolute Gasteiger partial charge is 0.101 e. The van der Waals surface area contributed by atoms with Gasteiger partial charge in [0.25, 0.3) is 0 Å². The Hall–Kier alpha value is -2.31. The molecule has 2 aromatic carbocycles. The third kappa shape index (κ3) is 3.02. The molecule has 0 radical (unpaired) electrons. The number of para-hydroxylation sites is 1. The van der Waals surface area contributed by atoms with Crippen LogP contribution in [0.5, 0.6) is 0 Å². The van der Waals surface area contributed by atoms with Crippen LogP contribution in [0.4, 0.5) is 11.4 Å². The Bertz CT molecular complexity index is 786. The molecule has 1 aliphatic carbocycles. The maximum Gasteiger partial charge on any atom is 0.101 e. The molecular formula is C21H23N3. The van der Waals surface area contributed by atoms with Gasteiger partial charge in [0.2, 0.25) is 0 Å². The fourth-order valence-corrected chi connectivity index (χ4v) is 3.63. The summed E-state index contributed by atoms with van der Waals surface area (Å²) in [6.07, 6.45) is 3.98. The molecule has 3 nitrogen and oxygen atoms in total. The number of rotatable bonds is 4. The minimum atomic E-state index is 0.716. The highest BCUT2D eigenvalue weighted by Gasteiger charge is 2.26. The number of nitrogens with zero attached hydrogens (tertiary/aromatic N) is 3. The van der Waals surface area contributed by atoms with E-state index in [1.54, 1.807) is 0 Å². The molecule has 2 aromatic rings. The van der Waals surface area contributed by atoms with Crippen molar-refractivity contribution in [3.8, 4) is 6.07 Å². The molecule has 4 rings (SSSR count). The van der Waals surface area contributed by atoms with E-state index in [0.29, 0.717) is 5.56 Å². The molecule has 0 N–H and O–H groups in total. The van der Waals surface area contributed by atoms with Gasteiger partial charge in [-0.15, -0.1) is 0 Å². The van der Waals surface area contributed by atoms with Gasteiger partial charge in [0.05, 0.1) is 11.3 Å². The van der Waals surface area contributed by atoms with Crippen molar-refractivity contribution < 1.29 is 0 Å². The van der Waals surface area contributed by atoms with Gasteiger partial charge < -0.3 is 4.90 Å². The molecule has 1 heterocycles. The predicted octanol–water partition coefficient (Wildman–Crippen LogP) is 4.09. The predicted molar refractivity (Wildman–Crippen MR) is 97.4 cm³/mol. The number of anilines is 2. The van der Waals surface area contributed by atoms with E-state index in [2.05, 4.69) is 34.1 Å². The highest BCUT2D eigenvalue weighted by molar-refractivity contribution is 5.69. The van der Waals surface area contributed by atoms with Crippen LogP contribution in [-0.4, -0.2) is 25.0 Å². The van der Waals surface area contributed by atoms with Gasteiger partial charge in [-0.05, 0) is 60.6 Å². The van der Waals surface area contributed by atoms with Gasteiger partial charge in [-0.25, -0.2) is 0 Å². The summed E-state index contributed by atoms with van der Waals surface area (Å²) in [6.45, 7) is 3.51. The van der Waals surface area contributed by atoms with Crippen molar-refractivity contribution in [1.29, 1.82) is 5.26 Å². The van der Waals surface area contributed by atoms with Crippen molar-refractivity contribution in [1.82, 2.24) is 4.90 Å². The summed E-state index contributed by atoms with van der Waals surface area (Å²) >= 11 is 0. The number of benzene rings is 2. The maximum absolute atomic E-state index is 9.35. The van der Waals surface area contributed by atoms with Crippen molar-refractivity contribution in [3.05, 3.63) is 59.2 Å². The van der Waals surface area contributed by atoms with Crippen LogP contribution in [0.2, 0.25) is 0 Å². The Morgan fingerprint density at radius 2 is 2.00 bits per heavy atom. The minimum Gasteiger partial charge on any atom is -0.344 e. The van der Waals surface area contributed by atoms with Crippen molar-refractivity contribution in [2.75, 3.05) is 25.0 Å². The number of hydrogen-bond acceptors (Lipinski definition) is 3. The Kier molecular flexibility index (Phi) is 4.00. The fraction of sp³-hybridized carbons (Fsp3) is 0.381. The minimum absolute atomic E-state index is 0.716.